The number of carbonyl (C=O) groups is 2. The summed E-state index contributed by atoms with van der Waals surface area (Å²) in [6.07, 6.45) is 2.25. The Morgan fingerprint density at radius 3 is 2.76 bits per heavy atom. The van der Waals surface area contributed by atoms with Gasteiger partial charge >= 0.3 is 12.0 Å². The molecule has 0 aliphatic carbocycles. The lowest BCUT2D eigenvalue weighted by atomic mass is 10.2. The van der Waals surface area contributed by atoms with Crippen LogP contribution >= 0.6 is 27.7 Å². The Labute approximate surface area is 135 Å². The lowest BCUT2D eigenvalue weighted by molar-refractivity contribution is -0.139. The molecule has 21 heavy (non-hydrogen) atoms. The Balaban J connectivity index is 2.69. The van der Waals surface area contributed by atoms with E-state index in [4.69, 9.17) is 9.84 Å². The molecule has 1 atom stereocenters. The molecule has 0 unspecified atom stereocenters. The van der Waals surface area contributed by atoms with Crippen LogP contribution in [0.2, 0.25) is 0 Å². The van der Waals surface area contributed by atoms with Gasteiger partial charge in [0.25, 0.3) is 0 Å². The highest BCUT2D eigenvalue weighted by atomic mass is 79.9. The number of hydrogen-bond acceptors (Lipinski definition) is 4. The number of nitrogens with one attached hydrogen (secondary N) is 2. The van der Waals surface area contributed by atoms with Gasteiger partial charge < -0.3 is 20.5 Å². The average Bonchev–Trinajstić information content (AvgIpc) is 2.45. The maximum atomic E-state index is 11.9. The molecule has 116 valence electrons. The second-order valence-electron chi connectivity index (χ2n) is 4.12. The zero-order valence-corrected chi connectivity index (χ0v) is 14.1. The summed E-state index contributed by atoms with van der Waals surface area (Å²) in [6.45, 7) is 0. The van der Waals surface area contributed by atoms with Gasteiger partial charge in [0.1, 0.15) is 11.8 Å². The van der Waals surface area contributed by atoms with E-state index >= 15 is 0 Å². The first kappa shape index (κ1) is 17.6. The number of carboxylic acid groups (broad SMARTS) is 1. The fraction of sp³-hybridized carbons (Fsp3) is 0.385. The van der Waals surface area contributed by atoms with Crippen molar-refractivity contribution in [2.45, 2.75) is 12.5 Å². The molecule has 8 heteroatoms. The van der Waals surface area contributed by atoms with Crippen LogP contribution in [-0.4, -0.2) is 42.3 Å². The van der Waals surface area contributed by atoms with Crippen LogP contribution in [0.5, 0.6) is 5.75 Å². The molecule has 3 N–H and O–H groups in total. The van der Waals surface area contributed by atoms with Gasteiger partial charge in [-0.2, -0.15) is 11.8 Å². The van der Waals surface area contributed by atoms with Crippen molar-refractivity contribution in [1.82, 2.24) is 5.32 Å². The Morgan fingerprint density at radius 1 is 1.48 bits per heavy atom. The quantitative estimate of drug-likeness (QED) is 0.680. The minimum Gasteiger partial charge on any atom is -0.497 e. The SMILES string of the molecule is COc1ccc(Br)c(NC(=O)N[C@H](CCSC)C(=O)O)c1. The van der Waals surface area contributed by atoms with Crippen molar-refractivity contribution in [1.29, 1.82) is 0 Å². The molecule has 0 aromatic heterocycles. The largest absolute Gasteiger partial charge is 0.497 e. The maximum Gasteiger partial charge on any atom is 0.326 e. The molecule has 0 aliphatic rings. The summed E-state index contributed by atoms with van der Waals surface area (Å²) in [5, 5.41) is 14.1. The van der Waals surface area contributed by atoms with E-state index < -0.39 is 18.0 Å². The Kier molecular flexibility index (Phi) is 7.38. The average molecular weight is 377 g/mol. The second-order valence-corrected chi connectivity index (χ2v) is 5.96. The molecule has 1 aromatic carbocycles. The van der Waals surface area contributed by atoms with Crippen molar-refractivity contribution in [3.63, 3.8) is 0 Å². The van der Waals surface area contributed by atoms with Crippen molar-refractivity contribution in [3.8, 4) is 5.75 Å². The standard InChI is InChI=1S/C13H17BrN2O4S/c1-20-8-3-4-9(14)11(7-8)16-13(19)15-10(12(17)18)5-6-21-2/h3-4,7,10H,5-6H2,1-2H3,(H,17,18)(H2,15,16,19)/t10-/m1/s1. The van der Waals surface area contributed by atoms with Crippen molar-refractivity contribution in [2.24, 2.45) is 0 Å². The van der Waals surface area contributed by atoms with E-state index in [9.17, 15) is 9.59 Å². The van der Waals surface area contributed by atoms with Crippen LogP contribution in [0.3, 0.4) is 0 Å². The van der Waals surface area contributed by atoms with Gasteiger partial charge in [-0.3, -0.25) is 0 Å². The van der Waals surface area contributed by atoms with Crippen LogP contribution in [0.25, 0.3) is 0 Å². The molecule has 0 spiro atoms. The van der Waals surface area contributed by atoms with Gasteiger partial charge in [-0.15, -0.1) is 0 Å². The molecule has 0 radical (unpaired) electrons. The lowest BCUT2D eigenvalue weighted by Gasteiger charge is -2.15. The predicted molar refractivity (Wildman–Crippen MR) is 87.3 cm³/mol. The first-order valence-corrected chi connectivity index (χ1v) is 8.29. The van der Waals surface area contributed by atoms with Crippen LogP contribution in [0.4, 0.5) is 10.5 Å². The van der Waals surface area contributed by atoms with Crippen LogP contribution in [0.15, 0.2) is 22.7 Å². The molecule has 1 aromatic rings. The number of carbonyl (C=O) groups excluding carboxylic acids is 1. The van der Waals surface area contributed by atoms with Gasteiger partial charge in [-0.05, 0) is 46.5 Å². The Hall–Kier alpha value is -1.41. The van der Waals surface area contributed by atoms with Crippen LogP contribution in [0.1, 0.15) is 6.42 Å². The van der Waals surface area contributed by atoms with E-state index in [0.717, 1.165) is 0 Å². The summed E-state index contributed by atoms with van der Waals surface area (Å²) in [6, 6.07) is 3.63. The van der Waals surface area contributed by atoms with Crippen molar-refractivity contribution in [2.75, 3.05) is 24.4 Å². The minimum absolute atomic E-state index is 0.364. The van der Waals surface area contributed by atoms with E-state index in [1.54, 1.807) is 18.2 Å². The van der Waals surface area contributed by atoms with Gasteiger partial charge in [0.2, 0.25) is 0 Å². The number of halogens is 1. The van der Waals surface area contributed by atoms with E-state index in [-0.39, 0.29) is 0 Å². The Bertz CT molecular complexity index is 513. The van der Waals surface area contributed by atoms with Crippen molar-refractivity contribution >= 4 is 45.4 Å². The third-order valence-electron chi connectivity index (χ3n) is 2.64. The molecule has 2 amide bonds. The first-order chi connectivity index (χ1) is 9.97. The molecule has 0 bridgehead atoms. The minimum atomic E-state index is -1.05. The molecule has 0 heterocycles. The molecule has 0 saturated heterocycles. The number of anilines is 1. The summed E-state index contributed by atoms with van der Waals surface area (Å²) in [5.41, 5.74) is 0.501. The number of aliphatic carboxylic acids is 1. The number of carboxylic acids is 1. The summed E-state index contributed by atoms with van der Waals surface area (Å²) >= 11 is 4.83. The smallest absolute Gasteiger partial charge is 0.326 e. The predicted octanol–water partition coefficient (Wildman–Crippen LogP) is 2.79. The third kappa shape index (κ3) is 5.84. The molecular formula is C13H17BrN2O4S. The normalized spacial score (nSPS) is 11.6. The zero-order chi connectivity index (χ0) is 15.8. The van der Waals surface area contributed by atoms with Crippen LogP contribution in [0, 0.1) is 0 Å². The molecular weight excluding hydrogens is 360 g/mol. The van der Waals surface area contributed by atoms with Gasteiger partial charge in [0, 0.05) is 10.5 Å². The number of rotatable bonds is 7. The molecule has 6 nitrogen and oxygen atoms in total. The van der Waals surface area contributed by atoms with Gasteiger partial charge in [-0.25, -0.2) is 9.59 Å². The second kappa shape index (κ2) is 8.78. The number of methoxy groups -OCH3 is 1. The molecule has 0 aliphatic heterocycles. The van der Waals surface area contributed by atoms with Crippen molar-refractivity contribution < 1.29 is 19.4 Å². The summed E-state index contributed by atoms with van der Waals surface area (Å²) in [4.78, 5) is 23.0. The van der Waals surface area contributed by atoms with Gasteiger partial charge in [0.05, 0.1) is 12.8 Å². The lowest BCUT2D eigenvalue weighted by Crippen LogP contribution is -2.43. The third-order valence-corrected chi connectivity index (χ3v) is 3.97. The van der Waals surface area contributed by atoms with E-state index in [1.165, 1.54) is 18.9 Å². The summed E-state index contributed by atoms with van der Waals surface area (Å²) < 4.78 is 5.75. The fourth-order valence-corrected chi connectivity index (χ4v) is 2.35. The molecule has 1 rings (SSSR count). The number of amides is 2. The number of ether oxygens (including phenoxy) is 1. The van der Waals surface area contributed by atoms with Gasteiger partial charge in [-0.1, -0.05) is 0 Å². The topological polar surface area (TPSA) is 87.7 Å². The van der Waals surface area contributed by atoms with Gasteiger partial charge in [0.15, 0.2) is 0 Å². The summed E-state index contributed by atoms with van der Waals surface area (Å²) in [5.74, 6) is 0.190. The molecule has 0 fully saturated rings. The summed E-state index contributed by atoms with van der Waals surface area (Å²) in [7, 11) is 1.52. The van der Waals surface area contributed by atoms with E-state index in [2.05, 4.69) is 26.6 Å². The van der Waals surface area contributed by atoms with Crippen LogP contribution in [-0.2, 0) is 4.79 Å². The monoisotopic (exact) mass is 376 g/mol. The van der Waals surface area contributed by atoms with Crippen molar-refractivity contribution in [3.05, 3.63) is 22.7 Å². The fourth-order valence-electron chi connectivity index (χ4n) is 1.54. The highest BCUT2D eigenvalue weighted by molar-refractivity contribution is 9.10. The van der Waals surface area contributed by atoms with E-state index in [1.807, 2.05) is 6.26 Å². The maximum absolute atomic E-state index is 11.9. The van der Waals surface area contributed by atoms with Crippen LogP contribution < -0.4 is 15.4 Å². The van der Waals surface area contributed by atoms with E-state index in [0.29, 0.717) is 28.1 Å². The molecule has 0 saturated carbocycles. The highest BCUT2D eigenvalue weighted by Gasteiger charge is 2.19. The Morgan fingerprint density at radius 2 is 2.19 bits per heavy atom. The number of urea groups is 1. The number of thioether (sulfide) groups is 1. The number of hydrogen-bond donors (Lipinski definition) is 3. The first-order valence-electron chi connectivity index (χ1n) is 6.10. The zero-order valence-electron chi connectivity index (χ0n) is 11.7. The number of benzene rings is 1. The highest BCUT2D eigenvalue weighted by Crippen LogP contribution is 2.26.